The normalized spacial score (nSPS) is 16.4. The van der Waals surface area contributed by atoms with Crippen molar-refractivity contribution in [2.24, 2.45) is 0 Å². The summed E-state index contributed by atoms with van der Waals surface area (Å²) in [5.74, 6) is -0.972. The molecule has 21 heavy (non-hydrogen) atoms. The molecule has 1 aliphatic rings. The lowest BCUT2D eigenvalue weighted by Crippen LogP contribution is -2.53. The van der Waals surface area contributed by atoms with Gasteiger partial charge in [-0.2, -0.15) is 0 Å². The van der Waals surface area contributed by atoms with Crippen LogP contribution >= 0.6 is 0 Å². The SMILES string of the molecule is COCc1ccccc1NC(=O)NC1(C(=O)O)CCCC1. The number of carboxylic acids is 1. The lowest BCUT2D eigenvalue weighted by atomic mass is 9.98. The quantitative estimate of drug-likeness (QED) is 0.777. The van der Waals surface area contributed by atoms with Crippen molar-refractivity contribution in [1.29, 1.82) is 0 Å². The number of para-hydroxylation sites is 1. The van der Waals surface area contributed by atoms with Crippen molar-refractivity contribution >= 4 is 17.7 Å². The fourth-order valence-corrected chi connectivity index (χ4v) is 2.67. The molecule has 6 nitrogen and oxygen atoms in total. The van der Waals surface area contributed by atoms with Crippen molar-refractivity contribution in [2.45, 2.75) is 37.8 Å². The molecule has 3 N–H and O–H groups in total. The molecule has 0 aromatic heterocycles. The minimum Gasteiger partial charge on any atom is -0.480 e. The molecule has 0 aliphatic heterocycles. The zero-order valence-electron chi connectivity index (χ0n) is 12.0. The van der Waals surface area contributed by atoms with Gasteiger partial charge in [0.25, 0.3) is 0 Å². The molecule has 1 aromatic rings. The van der Waals surface area contributed by atoms with E-state index in [1.165, 1.54) is 0 Å². The van der Waals surface area contributed by atoms with E-state index < -0.39 is 17.5 Å². The Labute approximate surface area is 123 Å². The molecule has 1 saturated carbocycles. The highest BCUT2D eigenvalue weighted by molar-refractivity contribution is 5.94. The van der Waals surface area contributed by atoms with Crippen LogP contribution in [0.25, 0.3) is 0 Å². The predicted octanol–water partition coefficient (Wildman–Crippen LogP) is 2.35. The number of benzene rings is 1. The third kappa shape index (κ3) is 3.52. The van der Waals surface area contributed by atoms with Gasteiger partial charge in [-0.15, -0.1) is 0 Å². The van der Waals surface area contributed by atoms with E-state index in [0.717, 1.165) is 18.4 Å². The van der Waals surface area contributed by atoms with Gasteiger partial charge in [-0.25, -0.2) is 9.59 Å². The Kier molecular flexibility index (Phi) is 4.80. The first kappa shape index (κ1) is 15.3. The largest absolute Gasteiger partial charge is 0.480 e. The van der Waals surface area contributed by atoms with E-state index in [2.05, 4.69) is 10.6 Å². The molecule has 0 spiro atoms. The van der Waals surface area contributed by atoms with Crippen molar-refractivity contribution in [3.8, 4) is 0 Å². The Bertz CT molecular complexity index is 524. The molecule has 1 aromatic carbocycles. The zero-order chi connectivity index (χ0) is 15.3. The number of nitrogens with one attached hydrogen (secondary N) is 2. The standard InChI is InChI=1S/C15H20N2O4/c1-21-10-11-6-2-3-7-12(11)16-14(20)17-15(13(18)19)8-4-5-9-15/h2-3,6-7H,4-5,8-10H2,1H3,(H,18,19)(H2,16,17,20). The molecule has 1 aliphatic carbocycles. The van der Waals surface area contributed by atoms with Crippen LogP contribution in [0.3, 0.4) is 0 Å². The number of rotatable bonds is 5. The smallest absolute Gasteiger partial charge is 0.329 e. The molecule has 0 heterocycles. The summed E-state index contributed by atoms with van der Waals surface area (Å²) < 4.78 is 5.08. The van der Waals surface area contributed by atoms with Gasteiger partial charge in [-0.05, 0) is 18.9 Å². The topological polar surface area (TPSA) is 87.7 Å². The molecule has 2 rings (SSSR count). The summed E-state index contributed by atoms with van der Waals surface area (Å²) >= 11 is 0. The minimum atomic E-state index is -1.14. The molecule has 0 saturated heterocycles. The lowest BCUT2D eigenvalue weighted by Gasteiger charge is -2.25. The van der Waals surface area contributed by atoms with Crippen molar-refractivity contribution in [2.75, 3.05) is 12.4 Å². The number of carbonyl (C=O) groups is 2. The second kappa shape index (κ2) is 6.58. The summed E-state index contributed by atoms with van der Waals surface area (Å²) in [6.07, 6.45) is 2.56. The Hall–Kier alpha value is -2.08. The van der Waals surface area contributed by atoms with Crippen LogP contribution in [0.5, 0.6) is 0 Å². The molecular weight excluding hydrogens is 272 g/mol. The molecule has 0 atom stereocenters. The summed E-state index contributed by atoms with van der Waals surface area (Å²) in [5.41, 5.74) is 0.321. The summed E-state index contributed by atoms with van der Waals surface area (Å²) in [6, 6.07) is 6.77. The number of amides is 2. The van der Waals surface area contributed by atoms with Crippen LogP contribution in [0.4, 0.5) is 10.5 Å². The minimum absolute atomic E-state index is 0.376. The number of methoxy groups -OCH3 is 1. The van der Waals surface area contributed by atoms with Crippen LogP contribution in [0.1, 0.15) is 31.2 Å². The van der Waals surface area contributed by atoms with Gasteiger partial charge in [0.15, 0.2) is 0 Å². The maximum atomic E-state index is 12.1. The molecule has 0 bridgehead atoms. The monoisotopic (exact) mass is 292 g/mol. The Morgan fingerprint density at radius 3 is 2.57 bits per heavy atom. The van der Waals surface area contributed by atoms with E-state index in [0.29, 0.717) is 25.1 Å². The molecule has 0 unspecified atom stereocenters. The second-order valence-electron chi connectivity index (χ2n) is 5.26. The molecule has 0 radical (unpaired) electrons. The van der Waals surface area contributed by atoms with Crippen LogP contribution in [-0.4, -0.2) is 29.8 Å². The Morgan fingerprint density at radius 2 is 1.95 bits per heavy atom. The van der Waals surface area contributed by atoms with Crippen LogP contribution in [0.2, 0.25) is 0 Å². The summed E-state index contributed by atoms with van der Waals surface area (Å²) in [7, 11) is 1.58. The summed E-state index contributed by atoms with van der Waals surface area (Å²) in [5, 5.41) is 14.7. The fraction of sp³-hybridized carbons (Fsp3) is 0.467. The number of urea groups is 1. The lowest BCUT2D eigenvalue weighted by molar-refractivity contribution is -0.144. The number of hydrogen-bond acceptors (Lipinski definition) is 3. The molecule has 2 amide bonds. The van der Waals surface area contributed by atoms with E-state index >= 15 is 0 Å². The van der Waals surface area contributed by atoms with Crippen molar-refractivity contribution in [1.82, 2.24) is 5.32 Å². The third-order valence-corrected chi connectivity index (χ3v) is 3.78. The van der Waals surface area contributed by atoms with Gasteiger partial charge in [0, 0.05) is 18.4 Å². The van der Waals surface area contributed by atoms with Gasteiger partial charge in [0.2, 0.25) is 0 Å². The first-order valence-corrected chi connectivity index (χ1v) is 6.97. The maximum Gasteiger partial charge on any atom is 0.329 e. The van der Waals surface area contributed by atoms with Crippen LogP contribution in [0, 0.1) is 0 Å². The average Bonchev–Trinajstić information content (AvgIpc) is 2.91. The van der Waals surface area contributed by atoms with Gasteiger partial charge in [-0.1, -0.05) is 31.0 Å². The van der Waals surface area contributed by atoms with Crippen molar-refractivity contribution in [3.05, 3.63) is 29.8 Å². The highest BCUT2D eigenvalue weighted by Gasteiger charge is 2.42. The highest BCUT2D eigenvalue weighted by atomic mass is 16.5. The number of carbonyl (C=O) groups excluding carboxylic acids is 1. The maximum absolute atomic E-state index is 12.1. The van der Waals surface area contributed by atoms with Gasteiger partial charge in [-0.3, -0.25) is 0 Å². The zero-order valence-corrected chi connectivity index (χ0v) is 12.0. The van der Waals surface area contributed by atoms with Crippen LogP contribution in [0.15, 0.2) is 24.3 Å². The number of carboxylic acid groups (broad SMARTS) is 1. The van der Waals surface area contributed by atoms with E-state index in [1.807, 2.05) is 12.1 Å². The number of anilines is 1. The third-order valence-electron chi connectivity index (χ3n) is 3.78. The molecule has 1 fully saturated rings. The highest BCUT2D eigenvalue weighted by Crippen LogP contribution is 2.30. The molecular formula is C15H20N2O4. The van der Waals surface area contributed by atoms with Crippen LogP contribution < -0.4 is 10.6 Å². The summed E-state index contributed by atoms with van der Waals surface area (Å²) in [6.45, 7) is 0.376. The molecule has 6 heteroatoms. The van der Waals surface area contributed by atoms with E-state index in [4.69, 9.17) is 4.74 Å². The van der Waals surface area contributed by atoms with Crippen molar-refractivity contribution in [3.63, 3.8) is 0 Å². The summed E-state index contributed by atoms with van der Waals surface area (Å²) in [4.78, 5) is 23.5. The van der Waals surface area contributed by atoms with Gasteiger partial charge in [0.1, 0.15) is 5.54 Å². The van der Waals surface area contributed by atoms with E-state index in [9.17, 15) is 14.7 Å². The predicted molar refractivity (Wildman–Crippen MR) is 78.1 cm³/mol. The number of aliphatic carboxylic acids is 1. The van der Waals surface area contributed by atoms with E-state index in [-0.39, 0.29) is 0 Å². The second-order valence-corrected chi connectivity index (χ2v) is 5.26. The Balaban J connectivity index is 2.06. The average molecular weight is 292 g/mol. The van der Waals surface area contributed by atoms with E-state index in [1.54, 1.807) is 19.2 Å². The van der Waals surface area contributed by atoms with Crippen molar-refractivity contribution < 1.29 is 19.4 Å². The number of ether oxygens (including phenoxy) is 1. The first-order valence-electron chi connectivity index (χ1n) is 6.97. The first-order chi connectivity index (χ1) is 10.1. The van der Waals surface area contributed by atoms with Gasteiger partial charge in [0.05, 0.1) is 6.61 Å². The van der Waals surface area contributed by atoms with Gasteiger partial charge >= 0.3 is 12.0 Å². The Morgan fingerprint density at radius 1 is 1.29 bits per heavy atom. The number of hydrogen-bond donors (Lipinski definition) is 3. The molecule has 114 valence electrons. The fourth-order valence-electron chi connectivity index (χ4n) is 2.67. The van der Waals surface area contributed by atoms with Gasteiger partial charge < -0.3 is 20.5 Å². The van der Waals surface area contributed by atoms with Crippen LogP contribution in [-0.2, 0) is 16.1 Å².